The van der Waals surface area contributed by atoms with Gasteiger partial charge in [0.25, 0.3) is 6.43 Å². The summed E-state index contributed by atoms with van der Waals surface area (Å²) in [5.41, 5.74) is 0.511. The maximum atomic E-state index is 12.3. The molecule has 0 spiro atoms. The van der Waals surface area contributed by atoms with Gasteiger partial charge in [0.05, 0.1) is 5.88 Å². The molecule has 0 N–H and O–H groups in total. The topological polar surface area (TPSA) is 12.9 Å². The molecule has 0 fully saturated rings. The molecular weight excluding hydrogens is 378 g/mol. The molecule has 0 radical (unpaired) electrons. The van der Waals surface area contributed by atoms with Gasteiger partial charge >= 0.3 is 0 Å². The van der Waals surface area contributed by atoms with E-state index in [2.05, 4.69) is 20.9 Å². The largest absolute Gasteiger partial charge is 0.281 e. The zero-order valence-corrected chi connectivity index (χ0v) is 10.7. The van der Waals surface area contributed by atoms with E-state index in [9.17, 15) is 8.78 Å². The van der Waals surface area contributed by atoms with Crippen LogP contribution < -0.4 is 0 Å². The molecule has 1 rings (SSSR count). The van der Waals surface area contributed by atoms with Gasteiger partial charge in [0.15, 0.2) is 0 Å². The maximum absolute atomic E-state index is 12.3. The normalized spacial score (nSPS) is 10.9. The molecule has 0 amide bonds. The minimum Gasteiger partial charge on any atom is -0.239 e. The van der Waals surface area contributed by atoms with Gasteiger partial charge < -0.3 is 0 Å². The summed E-state index contributed by atoms with van der Waals surface area (Å²) in [5, 5.41) is 0. The van der Waals surface area contributed by atoms with Crippen molar-refractivity contribution in [2.45, 2.75) is 12.3 Å². The Morgan fingerprint density at radius 3 is 2.69 bits per heavy atom. The summed E-state index contributed by atoms with van der Waals surface area (Å²) >= 11 is 10.5. The summed E-state index contributed by atoms with van der Waals surface area (Å²) in [4.78, 5) is 3.75. The van der Waals surface area contributed by atoms with Gasteiger partial charge in [-0.1, -0.05) is 0 Å². The number of alkyl halides is 3. The lowest BCUT2D eigenvalue weighted by Gasteiger charge is -2.06. The van der Waals surface area contributed by atoms with Crippen LogP contribution in [0.5, 0.6) is 0 Å². The first-order valence-electron chi connectivity index (χ1n) is 3.25. The van der Waals surface area contributed by atoms with E-state index in [1.165, 1.54) is 0 Å². The highest BCUT2D eigenvalue weighted by molar-refractivity contribution is 14.1. The van der Waals surface area contributed by atoms with Crippen molar-refractivity contribution in [3.8, 4) is 0 Å². The molecule has 13 heavy (non-hydrogen) atoms. The molecule has 0 saturated heterocycles. The minimum absolute atomic E-state index is 0.238. The Kier molecular flexibility index (Phi) is 4.31. The summed E-state index contributed by atoms with van der Waals surface area (Å²) in [5.74, 6) is 0.271. The molecule has 0 aliphatic rings. The second-order valence-electron chi connectivity index (χ2n) is 2.24. The standard InChI is InChI=1S/C7H4BrClF2IN/c8-4-1-3(2-9)7(12)13-5(4)6(10)11/h1,6H,2H2. The van der Waals surface area contributed by atoms with Crippen molar-refractivity contribution in [1.82, 2.24) is 4.98 Å². The van der Waals surface area contributed by atoms with Crippen molar-refractivity contribution in [3.63, 3.8) is 0 Å². The average Bonchev–Trinajstić information content (AvgIpc) is 2.07. The summed E-state index contributed by atoms with van der Waals surface area (Å²) in [6, 6.07) is 1.57. The second-order valence-corrected chi connectivity index (χ2v) is 4.38. The van der Waals surface area contributed by atoms with E-state index in [1.54, 1.807) is 6.07 Å². The van der Waals surface area contributed by atoms with Gasteiger partial charge in [-0.05, 0) is 50.2 Å². The average molecular weight is 382 g/mol. The summed E-state index contributed by atoms with van der Waals surface area (Å²) in [7, 11) is 0. The molecule has 0 unspecified atom stereocenters. The molecule has 1 aromatic rings. The predicted octanol–water partition coefficient (Wildman–Crippen LogP) is 4.13. The molecule has 0 aliphatic heterocycles. The Balaban J connectivity index is 3.20. The fraction of sp³-hybridized carbons (Fsp3) is 0.286. The fourth-order valence-electron chi connectivity index (χ4n) is 0.764. The Bertz CT molecular complexity index is 322. The van der Waals surface area contributed by atoms with E-state index in [-0.39, 0.29) is 11.6 Å². The van der Waals surface area contributed by atoms with Crippen LogP contribution in [0.15, 0.2) is 10.5 Å². The van der Waals surface area contributed by atoms with Crippen LogP contribution in [0.3, 0.4) is 0 Å². The SMILES string of the molecule is FC(F)c1nc(I)c(CCl)cc1Br. The van der Waals surface area contributed by atoms with Crippen molar-refractivity contribution in [2.24, 2.45) is 0 Å². The highest BCUT2D eigenvalue weighted by atomic mass is 127. The van der Waals surface area contributed by atoms with Gasteiger partial charge in [-0.3, -0.25) is 0 Å². The molecule has 6 heteroatoms. The molecule has 1 aromatic heterocycles. The highest BCUT2D eigenvalue weighted by Crippen LogP contribution is 2.28. The lowest BCUT2D eigenvalue weighted by Crippen LogP contribution is -1.98. The third-order valence-corrected chi connectivity index (χ3v) is 3.24. The lowest BCUT2D eigenvalue weighted by atomic mass is 10.3. The first kappa shape index (κ1) is 11.6. The number of aromatic nitrogens is 1. The number of pyridine rings is 1. The Morgan fingerprint density at radius 1 is 1.62 bits per heavy atom. The molecule has 0 bridgehead atoms. The third kappa shape index (κ3) is 2.73. The smallest absolute Gasteiger partial charge is 0.239 e. The lowest BCUT2D eigenvalue weighted by molar-refractivity contribution is 0.145. The zero-order chi connectivity index (χ0) is 10.0. The van der Waals surface area contributed by atoms with E-state index in [1.807, 2.05) is 22.6 Å². The van der Waals surface area contributed by atoms with Crippen molar-refractivity contribution in [2.75, 3.05) is 0 Å². The number of hydrogen-bond donors (Lipinski definition) is 0. The molecule has 0 atom stereocenters. The minimum atomic E-state index is -2.56. The summed E-state index contributed by atoms with van der Waals surface area (Å²) in [6.07, 6.45) is -2.56. The van der Waals surface area contributed by atoms with Crippen LogP contribution in [0.1, 0.15) is 17.7 Å². The molecule has 1 nitrogen and oxygen atoms in total. The van der Waals surface area contributed by atoms with Crippen molar-refractivity contribution < 1.29 is 8.78 Å². The van der Waals surface area contributed by atoms with Crippen LogP contribution in [0.2, 0.25) is 0 Å². The van der Waals surface area contributed by atoms with Crippen LogP contribution in [0, 0.1) is 3.70 Å². The maximum Gasteiger partial charge on any atom is 0.281 e. The fourth-order valence-corrected chi connectivity index (χ4v) is 2.34. The zero-order valence-electron chi connectivity index (χ0n) is 6.20. The van der Waals surface area contributed by atoms with Crippen LogP contribution in [-0.2, 0) is 5.88 Å². The molecule has 0 saturated carbocycles. The van der Waals surface area contributed by atoms with E-state index in [0.717, 1.165) is 5.56 Å². The third-order valence-electron chi connectivity index (χ3n) is 1.38. The van der Waals surface area contributed by atoms with Crippen LogP contribution in [0.25, 0.3) is 0 Å². The van der Waals surface area contributed by atoms with Gasteiger partial charge in [0, 0.05) is 4.47 Å². The van der Waals surface area contributed by atoms with Gasteiger partial charge in [-0.15, -0.1) is 11.6 Å². The second kappa shape index (κ2) is 4.84. The molecule has 0 aliphatic carbocycles. The number of halogens is 5. The van der Waals surface area contributed by atoms with Crippen molar-refractivity contribution in [1.29, 1.82) is 0 Å². The first-order chi connectivity index (χ1) is 6.06. The van der Waals surface area contributed by atoms with E-state index >= 15 is 0 Å². The molecule has 1 heterocycles. The van der Waals surface area contributed by atoms with Gasteiger partial charge in [0.2, 0.25) is 0 Å². The van der Waals surface area contributed by atoms with Crippen LogP contribution in [0.4, 0.5) is 8.78 Å². The van der Waals surface area contributed by atoms with Crippen molar-refractivity contribution >= 4 is 50.1 Å². The quantitative estimate of drug-likeness (QED) is 0.426. The van der Waals surface area contributed by atoms with Crippen LogP contribution >= 0.6 is 50.1 Å². The molecule has 0 aromatic carbocycles. The summed E-state index contributed by atoms with van der Waals surface area (Å²) < 4.78 is 25.5. The highest BCUT2D eigenvalue weighted by Gasteiger charge is 2.15. The Hall–Kier alpha value is 0.510. The first-order valence-corrected chi connectivity index (χ1v) is 5.65. The van der Waals surface area contributed by atoms with Gasteiger partial charge in [-0.2, -0.15) is 0 Å². The Morgan fingerprint density at radius 2 is 2.23 bits per heavy atom. The van der Waals surface area contributed by atoms with Crippen molar-refractivity contribution in [3.05, 3.63) is 25.5 Å². The van der Waals surface area contributed by atoms with E-state index < -0.39 is 6.43 Å². The number of hydrogen-bond acceptors (Lipinski definition) is 1. The molecule has 72 valence electrons. The van der Waals surface area contributed by atoms with E-state index in [0.29, 0.717) is 8.17 Å². The van der Waals surface area contributed by atoms with Crippen LogP contribution in [-0.4, -0.2) is 4.98 Å². The van der Waals surface area contributed by atoms with Gasteiger partial charge in [0.1, 0.15) is 9.39 Å². The molecular formula is C7H4BrClF2IN. The number of rotatable bonds is 2. The summed E-state index contributed by atoms with van der Waals surface area (Å²) in [6.45, 7) is 0. The van der Waals surface area contributed by atoms with E-state index in [4.69, 9.17) is 11.6 Å². The monoisotopic (exact) mass is 381 g/mol. The Labute approximate surface area is 101 Å². The van der Waals surface area contributed by atoms with Gasteiger partial charge in [-0.25, -0.2) is 13.8 Å². The predicted molar refractivity (Wildman–Crippen MR) is 59.2 cm³/mol. The number of nitrogens with zero attached hydrogens (tertiary/aromatic N) is 1.